The lowest BCUT2D eigenvalue weighted by molar-refractivity contribution is 0.0485. The van der Waals surface area contributed by atoms with Crippen LogP contribution in [0.1, 0.15) is 76.2 Å². The van der Waals surface area contributed by atoms with Crippen molar-refractivity contribution in [2.45, 2.75) is 77.0 Å². The maximum absolute atomic E-state index is 12.6. The fourth-order valence-electron chi connectivity index (χ4n) is 4.04. The summed E-state index contributed by atoms with van der Waals surface area (Å²) in [6, 6.07) is 7.60. The topological polar surface area (TPSA) is 98.5 Å². The fraction of sp³-hybridized carbons (Fsp3) is 0.609. The van der Waals surface area contributed by atoms with E-state index in [1.54, 1.807) is 7.11 Å². The number of carbonyl (C=O) groups excluding carboxylic acids is 1. The molecule has 2 amide bonds. The van der Waals surface area contributed by atoms with Crippen molar-refractivity contribution in [2.75, 3.05) is 13.7 Å². The number of rotatable bonds is 9. The molecule has 0 saturated heterocycles. The predicted octanol–water partition coefficient (Wildman–Crippen LogP) is 4.27. The summed E-state index contributed by atoms with van der Waals surface area (Å²) in [5.41, 5.74) is 1.19. The van der Waals surface area contributed by atoms with Crippen LogP contribution in [0, 0.1) is 0 Å². The first kappa shape index (κ1) is 23.1. The lowest BCUT2D eigenvalue weighted by atomic mass is 9.69. The van der Waals surface area contributed by atoms with Gasteiger partial charge < -0.3 is 24.6 Å². The first-order valence-corrected chi connectivity index (χ1v) is 11.0. The Balaban J connectivity index is 1.58. The van der Waals surface area contributed by atoms with Crippen LogP contribution in [0.15, 0.2) is 28.8 Å². The Kier molecular flexibility index (Phi) is 7.90. The summed E-state index contributed by atoms with van der Waals surface area (Å²) in [5.74, 6) is 1.67. The van der Waals surface area contributed by atoms with Gasteiger partial charge in [-0.05, 0) is 51.3 Å². The van der Waals surface area contributed by atoms with E-state index in [4.69, 9.17) is 14.0 Å². The monoisotopic (exact) mass is 430 g/mol. The maximum Gasteiger partial charge on any atom is 0.315 e. The van der Waals surface area contributed by atoms with E-state index in [1.807, 2.05) is 32.9 Å². The number of amides is 2. The molecule has 1 aliphatic rings. The van der Waals surface area contributed by atoms with Crippen molar-refractivity contribution in [2.24, 2.45) is 0 Å². The quantitative estimate of drug-likeness (QED) is 0.617. The summed E-state index contributed by atoms with van der Waals surface area (Å²) < 4.78 is 16.0. The normalized spacial score (nSPS) is 16.7. The Morgan fingerprint density at radius 2 is 1.87 bits per heavy atom. The number of nitrogens with zero attached hydrogens (tertiary/aromatic N) is 2. The van der Waals surface area contributed by atoms with E-state index in [0.29, 0.717) is 18.3 Å². The largest absolute Gasteiger partial charge is 0.497 e. The molecule has 1 aromatic heterocycles. The van der Waals surface area contributed by atoms with Gasteiger partial charge in [-0.25, -0.2) is 4.79 Å². The second kappa shape index (κ2) is 10.6. The number of urea groups is 1. The third-order valence-corrected chi connectivity index (χ3v) is 5.86. The molecular weight excluding hydrogens is 396 g/mol. The molecule has 1 aromatic carbocycles. The van der Waals surface area contributed by atoms with E-state index in [1.165, 1.54) is 12.0 Å². The van der Waals surface area contributed by atoms with Crippen LogP contribution in [0.4, 0.5) is 4.79 Å². The van der Waals surface area contributed by atoms with E-state index in [9.17, 15) is 4.79 Å². The molecule has 3 rings (SSSR count). The van der Waals surface area contributed by atoms with Gasteiger partial charge in [0.25, 0.3) is 5.89 Å². The molecule has 0 bridgehead atoms. The first-order chi connectivity index (χ1) is 14.9. The van der Waals surface area contributed by atoms with Gasteiger partial charge in [-0.3, -0.25) is 0 Å². The summed E-state index contributed by atoms with van der Waals surface area (Å²) >= 11 is 0. The van der Waals surface area contributed by atoms with Gasteiger partial charge >= 0.3 is 6.03 Å². The number of carbonyl (C=O) groups is 1. The van der Waals surface area contributed by atoms with Gasteiger partial charge in [0.2, 0.25) is 0 Å². The maximum atomic E-state index is 12.6. The van der Waals surface area contributed by atoms with Crippen molar-refractivity contribution >= 4 is 6.03 Å². The van der Waals surface area contributed by atoms with Crippen molar-refractivity contribution in [3.05, 3.63) is 41.5 Å². The number of hydrogen-bond donors (Lipinski definition) is 2. The van der Waals surface area contributed by atoms with Crippen LogP contribution in [0.2, 0.25) is 0 Å². The minimum absolute atomic E-state index is 0.0570. The second-order valence-electron chi connectivity index (χ2n) is 8.52. The zero-order chi connectivity index (χ0) is 22.3. The number of hydrogen-bond acceptors (Lipinski definition) is 6. The van der Waals surface area contributed by atoms with Crippen LogP contribution in [-0.2, 0) is 16.8 Å². The molecule has 0 spiro atoms. The number of methoxy groups -OCH3 is 1. The fourth-order valence-corrected chi connectivity index (χ4v) is 4.04. The number of ether oxygens (including phenoxy) is 2. The number of aromatic nitrogens is 2. The highest BCUT2D eigenvalue weighted by atomic mass is 16.5. The molecule has 1 heterocycles. The van der Waals surface area contributed by atoms with Crippen molar-refractivity contribution in [1.82, 2.24) is 20.8 Å². The molecule has 8 heteroatoms. The summed E-state index contributed by atoms with van der Waals surface area (Å²) in [7, 11) is 1.67. The Hall–Kier alpha value is -2.61. The van der Waals surface area contributed by atoms with Gasteiger partial charge in [0.15, 0.2) is 5.82 Å². The van der Waals surface area contributed by atoms with E-state index < -0.39 is 0 Å². The van der Waals surface area contributed by atoms with Crippen LogP contribution >= 0.6 is 0 Å². The van der Waals surface area contributed by atoms with Gasteiger partial charge in [-0.1, -0.05) is 36.6 Å². The lowest BCUT2D eigenvalue weighted by Crippen LogP contribution is -2.46. The standard InChI is InChI=1S/C23H34N4O4/c1-16(2)30-14-20-26-21(27-31-20)17(3)25-22(28)24-15-23(12-6-5-7-13-23)18-8-10-19(29-4)11-9-18/h8-11,16-17H,5-7,12-15H2,1-4H3,(H2,24,25,28). The molecule has 1 saturated carbocycles. The molecule has 1 atom stereocenters. The van der Waals surface area contributed by atoms with Gasteiger partial charge in [-0.2, -0.15) is 4.98 Å². The zero-order valence-corrected chi connectivity index (χ0v) is 18.9. The molecule has 8 nitrogen and oxygen atoms in total. The van der Waals surface area contributed by atoms with Crippen molar-refractivity contribution in [3.63, 3.8) is 0 Å². The van der Waals surface area contributed by atoms with Crippen molar-refractivity contribution < 1.29 is 18.8 Å². The van der Waals surface area contributed by atoms with Gasteiger partial charge in [-0.15, -0.1) is 0 Å². The molecule has 1 fully saturated rings. The smallest absolute Gasteiger partial charge is 0.315 e. The second-order valence-corrected chi connectivity index (χ2v) is 8.52. The van der Waals surface area contributed by atoms with Crippen molar-refractivity contribution in [3.8, 4) is 5.75 Å². The summed E-state index contributed by atoms with van der Waals surface area (Å²) in [5, 5.41) is 9.93. The Labute approximate surface area is 184 Å². The minimum atomic E-state index is -0.375. The highest BCUT2D eigenvalue weighted by molar-refractivity contribution is 5.74. The van der Waals surface area contributed by atoms with E-state index >= 15 is 0 Å². The summed E-state index contributed by atoms with van der Waals surface area (Å²) in [4.78, 5) is 16.9. The van der Waals surface area contributed by atoms with Crippen LogP contribution in [0.3, 0.4) is 0 Å². The molecular formula is C23H34N4O4. The Morgan fingerprint density at radius 3 is 2.52 bits per heavy atom. The molecule has 0 radical (unpaired) electrons. The van der Waals surface area contributed by atoms with Crippen LogP contribution in [-0.4, -0.2) is 35.9 Å². The zero-order valence-electron chi connectivity index (χ0n) is 18.9. The van der Waals surface area contributed by atoms with Gasteiger partial charge in [0, 0.05) is 12.0 Å². The van der Waals surface area contributed by atoms with E-state index in [-0.39, 0.29) is 30.2 Å². The van der Waals surface area contributed by atoms with E-state index in [2.05, 4.69) is 32.9 Å². The third kappa shape index (κ3) is 6.19. The Bertz CT molecular complexity index is 828. The van der Waals surface area contributed by atoms with E-state index in [0.717, 1.165) is 31.4 Å². The minimum Gasteiger partial charge on any atom is -0.497 e. The number of nitrogens with one attached hydrogen (secondary N) is 2. The summed E-state index contributed by atoms with van der Waals surface area (Å²) in [6.07, 6.45) is 5.75. The highest BCUT2D eigenvalue weighted by Gasteiger charge is 2.34. The summed E-state index contributed by atoms with van der Waals surface area (Å²) in [6.45, 7) is 6.55. The van der Waals surface area contributed by atoms with Crippen molar-refractivity contribution in [1.29, 1.82) is 0 Å². The van der Waals surface area contributed by atoms with Crippen LogP contribution in [0.25, 0.3) is 0 Å². The molecule has 1 aliphatic carbocycles. The number of benzene rings is 1. The lowest BCUT2D eigenvalue weighted by Gasteiger charge is -2.38. The molecule has 2 aromatic rings. The third-order valence-electron chi connectivity index (χ3n) is 5.86. The van der Waals surface area contributed by atoms with Gasteiger partial charge in [0.1, 0.15) is 12.4 Å². The Morgan fingerprint density at radius 1 is 1.16 bits per heavy atom. The van der Waals surface area contributed by atoms with Crippen LogP contribution in [0.5, 0.6) is 5.75 Å². The predicted molar refractivity (Wildman–Crippen MR) is 117 cm³/mol. The first-order valence-electron chi connectivity index (χ1n) is 11.0. The average Bonchev–Trinajstić information content (AvgIpc) is 3.26. The molecule has 0 aliphatic heterocycles. The SMILES string of the molecule is COc1ccc(C2(CNC(=O)NC(C)c3noc(COC(C)C)n3)CCCCC2)cc1. The van der Waals surface area contributed by atoms with Gasteiger partial charge in [0.05, 0.1) is 19.3 Å². The average molecular weight is 431 g/mol. The molecule has 170 valence electrons. The highest BCUT2D eigenvalue weighted by Crippen LogP contribution is 2.39. The molecule has 31 heavy (non-hydrogen) atoms. The molecule has 1 unspecified atom stereocenters. The van der Waals surface area contributed by atoms with Crippen LogP contribution < -0.4 is 15.4 Å². The molecule has 2 N–H and O–H groups in total.